The van der Waals surface area contributed by atoms with Crippen LogP contribution in [0, 0.1) is 5.82 Å². The molecule has 0 saturated carbocycles. The molecule has 17 heavy (non-hydrogen) atoms. The van der Waals surface area contributed by atoms with Crippen molar-refractivity contribution in [2.24, 2.45) is 0 Å². The first-order valence-electron chi connectivity index (χ1n) is 5.00. The largest absolute Gasteiger partial charge is 0.457 e. The molecule has 0 aromatic carbocycles. The van der Waals surface area contributed by atoms with Gasteiger partial charge in [-0.3, -0.25) is 4.98 Å². The minimum atomic E-state index is -0.562. The monoisotopic (exact) mass is 301 g/mol. The molecule has 3 nitrogen and oxygen atoms in total. The summed E-state index contributed by atoms with van der Waals surface area (Å²) in [7, 11) is 0. The standard InChI is InChI=1S/C12H13BrFNO2/c1-12(2,3)17-11(16)5-4-10-9(14)6-8(13)7-15-10/h4-7H,1-3H3. The average molecular weight is 302 g/mol. The molecule has 0 aliphatic rings. The molecule has 0 unspecified atom stereocenters. The van der Waals surface area contributed by atoms with Gasteiger partial charge in [-0.15, -0.1) is 0 Å². The maximum Gasteiger partial charge on any atom is 0.331 e. The van der Waals surface area contributed by atoms with E-state index in [2.05, 4.69) is 20.9 Å². The highest BCUT2D eigenvalue weighted by Crippen LogP contribution is 2.14. The third-order valence-electron chi connectivity index (χ3n) is 1.62. The van der Waals surface area contributed by atoms with Crippen molar-refractivity contribution in [2.75, 3.05) is 0 Å². The van der Waals surface area contributed by atoms with Crippen LogP contribution in [0.25, 0.3) is 6.08 Å². The van der Waals surface area contributed by atoms with Gasteiger partial charge in [-0.2, -0.15) is 0 Å². The normalized spacial score (nSPS) is 11.8. The third-order valence-corrected chi connectivity index (χ3v) is 2.05. The van der Waals surface area contributed by atoms with Crippen LogP contribution in [0.1, 0.15) is 26.5 Å². The zero-order valence-corrected chi connectivity index (χ0v) is 11.4. The predicted molar refractivity (Wildman–Crippen MR) is 66.8 cm³/mol. The Morgan fingerprint density at radius 3 is 2.71 bits per heavy atom. The van der Waals surface area contributed by atoms with E-state index in [1.807, 2.05) is 0 Å². The second-order valence-electron chi connectivity index (χ2n) is 4.39. The molecule has 5 heteroatoms. The Bertz CT molecular complexity index is 452. The molecule has 0 spiro atoms. The van der Waals surface area contributed by atoms with Crippen LogP contribution < -0.4 is 0 Å². The van der Waals surface area contributed by atoms with E-state index in [0.29, 0.717) is 4.47 Å². The van der Waals surface area contributed by atoms with Crippen molar-refractivity contribution < 1.29 is 13.9 Å². The maximum atomic E-state index is 13.3. The maximum absolute atomic E-state index is 13.3. The second-order valence-corrected chi connectivity index (χ2v) is 5.30. The van der Waals surface area contributed by atoms with Crippen LogP contribution in [0.15, 0.2) is 22.8 Å². The highest BCUT2D eigenvalue weighted by molar-refractivity contribution is 9.10. The molecular weight excluding hydrogens is 289 g/mol. The van der Waals surface area contributed by atoms with Crippen LogP contribution in [-0.2, 0) is 9.53 Å². The molecule has 0 amide bonds. The lowest BCUT2D eigenvalue weighted by Crippen LogP contribution is -2.22. The quantitative estimate of drug-likeness (QED) is 0.621. The average Bonchev–Trinajstić information content (AvgIpc) is 2.13. The number of aromatic nitrogens is 1. The number of rotatable bonds is 2. The van der Waals surface area contributed by atoms with E-state index in [1.165, 1.54) is 18.3 Å². The number of pyridine rings is 1. The number of carbonyl (C=O) groups excluding carboxylic acids is 1. The number of hydrogen-bond acceptors (Lipinski definition) is 3. The van der Waals surface area contributed by atoms with Gasteiger partial charge in [0.25, 0.3) is 0 Å². The van der Waals surface area contributed by atoms with Gasteiger partial charge in [-0.1, -0.05) is 0 Å². The van der Waals surface area contributed by atoms with Crippen molar-refractivity contribution in [3.63, 3.8) is 0 Å². The van der Waals surface area contributed by atoms with Crippen LogP contribution in [0.4, 0.5) is 4.39 Å². The minimum Gasteiger partial charge on any atom is -0.457 e. The molecule has 1 aromatic rings. The van der Waals surface area contributed by atoms with Crippen LogP contribution in [0.2, 0.25) is 0 Å². The number of halogens is 2. The number of ether oxygens (including phenoxy) is 1. The Kier molecular flexibility index (Phi) is 4.40. The lowest BCUT2D eigenvalue weighted by molar-refractivity contribution is -0.148. The molecule has 0 bridgehead atoms. The number of esters is 1. The third kappa shape index (κ3) is 5.08. The van der Waals surface area contributed by atoms with E-state index in [-0.39, 0.29) is 5.69 Å². The van der Waals surface area contributed by atoms with Gasteiger partial charge in [-0.05, 0) is 48.8 Å². The Labute approximate surface area is 108 Å². The molecule has 0 fully saturated rings. The summed E-state index contributed by atoms with van der Waals surface area (Å²) in [5.74, 6) is -1.03. The summed E-state index contributed by atoms with van der Waals surface area (Å²) < 4.78 is 18.9. The van der Waals surface area contributed by atoms with E-state index in [4.69, 9.17) is 4.74 Å². The van der Waals surface area contributed by atoms with E-state index >= 15 is 0 Å². The van der Waals surface area contributed by atoms with E-state index in [9.17, 15) is 9.18 Å². The molecule has 92 valence electrons. The Balaban J connectivity index is 2.74. The molecule has 0 atom stereocenters. The van der Waals surface area contributed by atoms with Gasteiger partial charge < -0.3 is 4.74 Å². The van der Waals surface area contributed by atoms with Crippen molar-refractivity contribution in [1.29, 1.82) is 0 Å². The molecule has 1 rings (SSSR count). The lowest BCUT2D eigenvalue weighted by Gasteiger charge is -2.17. The van der Waals surface area contributed by atoms with E-state index < -0.39 is 17.4 Å². The smallest absolute Gasteiger partial charge is 0.331 e. The minimum absolute atomic E-state index is 0.0964. The van der Waals surface area contributed by atoms with Crippen molar-refractivity contribution >= 4 is 28.0 Å². The van der Waals surface area contributed by atoms with Gasteiger partial charge >= 0.3 is 5.97 Å². The van der Waals surface area contributed by atoms with Crippen molar-refractivity contribution in [1.82, 2.24) is 4.98 Å². The lowest BCUT2D eigenvalue weighted by atomic mass is 10.2. The first-order valence-corrected chi connectivity index (χ1v) is 5.79. The molecule has 1 aromatic heterocycles. The molecule has 0 radical (unpaired) electrons. The molecule has 1 heterocycles. The topological polar surface area (TPSA) is 39.2 Å². The van der Waals surface area contributed by atoms with Crippen LogP contribution >= 0.6 is 15.9 Å². The summed E-state index contributed by atoms with van der Waals surface area (Å²) in [4.78, 5) is 15.2. The fourth-order valence-electron chi connectivity index (χ4n) is 1.03. The van der Waals surface area contributed by atoms with Crippen LogP contribution in [0.5, 0.6) is 0 Å². The molecule has 0 aliphatic carbocycles. The van der Waals surface area contributed by atoms with E-state index in [0.717, 1.165) is 6.08 Å². The zero-order valence-electron chi connectivity index (χ0n) is 9.83. The Hall–Kier alpha value is -1.23. The van der Waals surface area contributed by atoms with E-state index in [1.54, 1.807) is 20.8 Å². The Morgan fingerprint density at radius 1 is 1.53 bits per heavy atom. The summed E-state index contributed by atoms with van der Waals surface area (Å²) in [6, 6.07) is 1.28. The molecular formula is C12H13BrFNO2. The first-order chi connectivity index (χ1) is 7.78. The zero-order chi connectivity index (χ0) is 13.1. The van der Waals surface area contributed by atoms with Crippen molar-refractivity contribution in [3.05, 3.63) is 34.3 Å². The predicted octanol–water partition coefficient (Wildman–Crippen LogP) is 3.34. The summed E-state index contributed by atoms with van der Waals surface area (Å²) in [6.07, 6.45) is 3.90. The highest BCUT2D eigenvalue weighted by Gasteiger charge is 2.14. The fraction of sp³-hybridized carbons (Fsp3) is 0.333. The van der Waals surface area contributed by atoms with Gasteiger partial charge in [-0.25, -0.2) is 9.18 Å². The van der Waals surface area contributed by atoms with Crippen molar-refractivity contribution in [3.8, 4) is 0 Å². The summed E-state index contributed by atoms with van der Waals surface area (Å²) >= 11 is 3.10. The molecule has 0 saturated heterocycles. The van der Waals surface area contributed by atoms with Gasteiger partial charge in [0.05, 0.1) is 5.69 Å². The molecule has 0 N–H and O–H groups in total. The number of hydrogen-bond donors (Lipinski definition) is 0. The van der Waals surface area contributed by atoms with Crippen LogP contribution in [-0.4, -0.2) is 16.6 Å². The first kappa shape index (κ1) is 13.8. The Morgan fingerprint density at radius 2 is 2.18 bits per heavy atom. The number of nitrogens with zero attached hydrogens (tertiary/aromatic N) is 1. The van der Waals surface area contributed by atoms with Crippen molar-refractivity contribution in [2.45, 2.75) is 26.4 Å². The second kappa shape index (κ2) is 5.40. The van der Waals surface area contributed by atoms with Gasteiger partial charge in [0.15, 0.2) is 0 Å². The fourth-order valence-corrected chi connectivity index (χ4v) is 1.33. The van der Waals surface area contributed by atoms with Gasteiger partial charge in [0.1, 0.15) is 11.4 Å². The highest BCUT2D eigenvalue weighted by atomic mass is 79.9. The van der Waals surface area contributed by atoms with Gasteiger partial charge in [0, 0.05) is 16.7 Å². The summed E-state index contributed by atoms with van der Waals surface area (Å²) in [5, 5.41) is 0. The van der Waals surface area contributed by atoms with Gasteiger partial charge in [0.2, 0.25) is 0 Å². The summed E-state index contributed by atoms with van der Waals surface area (Å²) in [6.45, 7) is 5.28. The van der Waals surface area contributed by atoms with Crippen LogP contribution in [0.3, 0.4) is 0 Å². The summed E-state index contributed by atoms with van der Waals surface area (Å²) in [5.41, 5.74) is -0.466. The molecule has 0 aliphatic heterocycles. The SMILES string of the molecule is CC(C)(C)OC(=O)C=Cc1ncc(Br)cc1F. The number of carbonyl (C=O) groups is 1.